The minimum absolute atomic E-state index is 0.299. The normalized spacial score (nSPS) is 10.2. The minimum Gasteiger partial charge on any atom is -0.494 e. The van der Waals surface area contributed by atoms with Crippen LogP contribution in [0.1, 0.15) is 28.8 Å². The van der Waals surface area contributed by atoms with E-state index in [-0.39, 0.29) is 0 Å². The molecule has 0 aliphatic rings. The van der Waals surface area contributed by atoms with Gasteiger partial charge in [0, 0.05) is 12.2 Å². The molecule has 0 radical (unpaired) electrons. The highest BCUT2D eigenvalue weighted by Gasteiger charge is 2.02. The maximum atomic E-state index is 10.9. The Kier molecular flexibility index (Phi) is 5.83. The largest absolute Gasteiger partial charge is 0.494 e. The van der Waals surface area contributed by atoms with Crippen molar-refractivity contribution in [2.24, 2.45) is 0 Å². The summed E-state index contributed by atoms with van der Waals surface area (Å²) in [7, 11) is 0. The van der Waals surface area contributed by atoms with E-state index in [1.807, 2.05) is 30.3 Å². The molecule has 116 valence electrons. The van der Waals surface area contributed by atoms with Gasteiger partial charge in [-0.15, -0.1) is 0 Å². The predicted octanol–water partition coefficient (Wildman–Crippen LogP) is 3.96. The third-order valence-electron chi connectivity index (χ3n) is 3.30. The smallest absolute Gasteiger partial charge is 0.335 e. The van der Waals surface area contributed by atoms with Gasteiger partial charge in [-0.1, -0.05) is 23.8 Å². The number of unbranched alkanes of at least 4 members (excludes halogenated alkanes) is 1. The van der Waals surface area contributed by atoms with Crippen LogP contribution in [0.5, 0.6) is 5.75 Å². The summed E-state index contributed by atoms with van der Waals surface area (Å²) in [6, 6.07) is 14.9. The molecule has 0 aromatic heterocycles. The molecule has 0 bridgehead atoms. The molecule has 0 aliphatic carbocycles. The average molecular weight is 299 g/mol. The van der Waals surface area contributed by atoms with E-state index < -0.39 is 5.97 Å². The number of ether oxygens (including phenoxy) is 1. The van der Waals surface area contributed by atoms with Crippen molar-refractivity contribution in [3.63, 3.8) is 0 Å². The zero-order valence-corrected chi connectivity index (χ0v) is 12.7. The lowest BCUT2D eigenvalue weighted by atomic mass is 10.2. The summed E-state index contributed by atoms with van der Waals surface area (Å²) in [5, 5.41) is 12.2. The second-order valence-corrected chi connectivity index (χ2v) is 5.18. The van der Waals surface area contributed by atoms with Gasteiger partial charge in [-0.2, -0.15) is 0 Å². The van der Waals surface area contributed by atoms with Crippen LogP contribution in [0.3, 0.4) is 0 Å². The SMILES string of the molecule is Cc1ccc(OCCCCNc2cccc(C(=O)O)c2)cc1. The number of nitrogens with one attached hydrogen (secondary N) is 1. The molecule has 0 fully saturated rings. The van der Waals surface area contributed by atoms with Crippen LogP contribution in [0.25, 0.3) is 0 Å². The molecule has 0 saturated carbocycles. The van der Waals surface area contributed by atoms with E-state index in [4.69, 9.17) is 9.84 Å². The van der Waals surface area contributed by atoms with Crippen molar-refractivity contribution in [1.29, 1.82) is 0 Å². The van der Waals surface area contributed by atoms with E-state index in [0.717, 1.165) is 30.8 Å². The first-order valence-electron chi connectivity index (χ1n) is 7.42. The van der Waals surface area contributed by atoms with Gasteiger partial charge in [-0.05, 0) is 50.1 Å². The highest BCUT2D eigenvalue weighted by atomic mass is 16.5. The molecule has 0 unspecified atom stereocenters. The maximum absolute atomic E-state index is 10.9. The molecule has 4 heteroatoms. The Morgan fingerprint density at radius 1 is 1.14 bits per heavy atom. The van der Waals surface area contributed by atoms with Crippen LogP contribution < -0.4 is 10.1 Å². The quantitative estimate of drug-likeness (QED) is 0.724. The van der Waals surface area contributed by atoms with Crippen LogP contribution in [0.15, 0.2) is 48.5 Å². The van der Waals surface area contributed by atoms with Crippen molar-refractivity contribution in [2.45, 2.75) is 19.8 Å². The second-order valence-electron chi connectivity index (χ2n) is 5.18. The standard InChI is InChI=1S/C18H21NO3/c1-14-7-9-17(10-8-14)22-12-3-2-11-19-16-6-4-5-15(13-16)18(20)21/h4-10,13,19H,2-3,11-12H2,1H3,(H,20,21). The highest BCUT2D eigenvalue weighted by molar-refractivity contribution is 5.88. The molecule has 2 aromatic rings. The van der Waals surface area contributed by atoms with Crippen molar-refractivity contribution >= 4 is 11.7 Å². The maximum Gasteiger partial charge on any atom is 0.335 e. The summed E-state index contributed by atoms with van der Waals surface area (Å²) in [6.45, 7) is 3.52. The Labute approximate surface area is 130 Å². The number of anilines is 1. The van der Waals surface area contributed by atoms with Gasteiger partial charge in [0.2, 0.25) is 0 Å². The molecule has 22 heavy (non-hydrogen) atoms. The molecule has 2 rings (SSSR count). The average Bonchev–Trinajstić information content (AvgIpc) is 2.52. The van der Waals surface area contributed by atoms with Gasteiger partial charge >= 0.3 is 5.97 Å². The van der Waals surface area contributed by atoms with Gasteiger partial charge in [-0.3, -0.25) is 0 Å². The number of rotatable bonds is 8. The van der Waals surface area contributed by atoms with E-state index in [2.05, 4.69) is 12.2 Å². The number of aromatic carboxylic acids is 1. The van der Waals surface area contributed by atoms with Crippen LogP contribution in [0.2, 0.25) is 0 Å². The third kappa shape index (κ3) is 5.13. The molecule has 0 saturated heterocycles. The van der Waals surface area contributed by atoms with Gasteiger partial charge in [0.15, 0.2) is 0 Å². The zero-order valence-electron chi connectivity index (χ0n) is 12.7. The summed E-state index contributed by atoms with van der Waals surface area (Å²) in [5.41, 5.74) is 2.35. The molecule has 2 aromatic carbocycles. The lowest BCUT2D eigenvalue weighted by Crippen LogP contribution is -2.05. The van der Waals surface area contributed by atoms with E-state index in [0.29, 0.717) is 12.2 Å². The van der Waals surface area contributed by atoms with Crippen molar-refractivity contribution in [1.82, 2.24) is 0 Å². The molecular formula is C18H21NO3. The molecule has 0 spiro atoms. The van der Waals surface area contributed by atoms with Gasteiger partial charge in [0.1, 0.15) is 5.75 Å². The molecular weight excluding hydrogens is 278 g/mol. The number of carbonyl (C=O) groups is 1. The van der Waals surface area contributed by atoms with E-state index in [1.165, 1.54) is 5.56 Å². The van der Waals surface area contributed by atoms with Crippen molar-refractivity contribution in [3.05, 3.63) is 59.7 Å². The van der Waals surface area contributed by atoms with Crippen LogP contribution in [0, 0.1) is 6.92 Å². The summed E-state index contributed by atoms with van der Waals surface area (Å²) in [5.74, 6) is -0.0112. The molecule has 2 N–H and O–H groups in total. The first-order valence-corrected chi connectivity index (χ1v) is 7.42. The molecule has 0 heterocycles. The Morgan fingerprint density at radius 3 is 2.64 bits per heavy atom. The topological polar surface area (TPSA) is 58.6 Å². The molecule has 0 aliphatic heterocycles. The second kappa shape index (κ2) is 8.08. The number of carboxylic acids is 1. The molecule has 4 nitrogen and oxygen atoms in total. The number of carboxylic acid groups (broad SMARTS) is 1. The lowest BCUT2D eigenvalue weighted by Gasteiger charge is -2.08. The Balaban J connectivity index is 1.64. The number of hydrogen-bond acceptors (Lipinski definition) is 3. The fourth-order valence-corrected chi connectivity index (χ4v) is 2.05. The Bertz CT molecular complexity index is 608. The summed E-state index contributed by atoms with van der Waals surface area (Å²) in [4.78, 5) is 10.9. The monoisotopic (exact) mass is 299 g/mol. The zero-order chi connectivity index (χ0) is 15.8. The van der Waals surface area contributed by atoms with E-state index >= 15 is 0 Å². The minimum atomic E-state index is -0.907. The first-order chi connectivity index (χ1) is 10.6. The fraction of sp³-hybridized carbons (Fsp3) is 0.278. The van der Waals surface area contributed by atoms with Crippen LogP contribution in [-0.4, -0.2) is 24.2 Å². The molecule has 0 atom stereocenters. The number of benzene rings is 2. The van der Waals surface area contributed by atoms with Gasteiger partial charge < -0.3 is 15.2 Å². The lowest BCUT2D eigenvalue weighted by molar-refractivity contribution is 0.0697. The van der Waals surface area contributed by atoms with Crippen LogP contribution >= 0.6 is 0 Å². The van der Waals surface area contributed by atoms with Crippen molar-refractivity contribution in [3.8, 4) is 5.75 Å². The Morgan fingerprint density at radius 2 is 1.91 bits per heavy atom. The highest BCUT2D eigenvalue weighted by Crippen LogP contribution is 2.13. The molecule has 0 amide bonds. The number of aryl methyl sites for hydroxylation is 1. The summed E-state index contributed by atoms with van der Waals surface area (Å²) >= 11 is 0. The predicted molar refractivity (Wildman–Crippen MR) is 87.8 cm³/mol. The van der Waals surface area contributed by atoms with Crippen molar-refractivity contribution < 1.29 is 14.6 Å². The van der Waals surface area contributed by atoms with E-state index in [1.54, 1.807) is 18.2 Å². The number of hydrogen-bond donors (Lipinski definition) is 2. The first kappa shape index (κ1) is 15.9. The van der Waals surface area contributed by atoms with Gasteiger partial charge in [-0.25, -0.2) is 4.79 Å². The third-order valence-corrected chi connectivity index (χ3v) is 3.30. The van der Waals surface area contributed by atoms with Crippen molar-refractivity contribution in [2.75, 3.05) is 18.5 Å². The van der Waals surface area contributed by atoms with Gasteiger partial charge in [0.05, 0.1) is 12.2 Å². The van der Waals surface area contributed by atoms with Crippen LogP contribution in [0.4, 0.5) is 5.69 Å². The summed E-state index contributed by atoms with van der Waals surface area (Å²) in [6.07, 6.45) is 1.91. The van der Waals surface area contributed by atoms with Gasteiger partial charge in [0.25, 0.3) is 0 Å². The summed E-state index contributed by atoms with van der Waals surface area (Å²) < 4.78 is 5.66. The fourth-order valence-electron chi connectivity index (χ4n) is 2.05. The van der Waals surface area contributed by atoms with E-state index in [9.17, 15) is 4.79 Å². The Hall–Kier alpha value is -2.49. The van der Waals surface area contributed by atoms with Crippen LogP contribution in [-0.2, 0) is 0 Å².